The normalized spacial score (nSPS) is 13.1. The highest BCUT2D eigenvalue weighted by Gasteiger charge is 2.22. The summed E-state index contributed by atoms with van der Waals surface area (Å²) in [4.78, 5) is 14.5. The Hall–Kier alpha value is -1.77. The monoisotopic (exact) mass is 245 g/mol. The molecular weight excluding hydrogens is 226 g/mol. The van der Waals surface area contributed by atoms with Crippen molar-refractivity contribution >= 4 is 16.9 Å². The van der Waals surface area contributed by atoms with Crippen LogP contribution in [0.2, 0.25) is 0 Å². The van der Waals surface area contributed by atoms with Gasteiger partial charge in [0.05, 0.1) is 5.92 Å². The van der Waals surface area contributed by atoms with Crippen molar-refractivity contribution in [2.24, 2.45) is 11.8 Å². The quantitative estimate of drug-likeness (QED) is 0.867. The number of rotatable bonds is 4. The number of carboxylic acids is 1. The summed E-state index contributed by atoms with van der Waals surface area (Å²) in [6.45, 7) is 5.96. The van der Waals surface area contributed by atoms with Crippen LogP contribution in [0.3, 0.4) is 0 Å². The van der Waals surface area contributed by atoms with Gasteiger partial charge in [-0.05, 0) is 36.5 Å². The lowest BCUT2D eigenvalue weighted by atomic mass is 9.89. The Labute approximate surface area is 107 Å². The second kappa shape index (κ2) is 4.84. The topological polar surface area (TPSA) is 53.1 Å². The molecule has 0 radical (unpaired) electrons. The lowest BCUT2D eigenvalue weighted by Crippen LogP contribution is -2.21. The maximum atomic E-state index is 11.2. The zero-order valence-electron chi connectivity index (χ0n) is 11.0. The first-order chi connectivity index (χ1) is 8.49. The van der Waals surface area contributed by atoms with Crippen LogP contribution in [-0.4, -0.2) is 16.1 Å². The van der Waals surface area contributed by atoms with E-state index in [-0.39, 0.29) is 11.8 Å². The fraction of sp³-hybridized carbons (Fsp3) is 0.400. The van der Waals surface area contributed by atoms with Gasteiger partial charge in [-0.2, -0.15) is 0 Å². The molecule has 3 nitrogen and oxygen atoms in total. The molecule has 0 spiro atoms. The van der Waals surface area contributed by atoms with Crippen LogP contribution in [-0.2, 0) is 11.2 Å². The Bertz CT molecular complexity index is 569. The number of carbonyl (C=O) groups is 1. The third-order valence-electron chi connectivity index (χ3n) is 3.48. The molecule has 96 valence electrons. The number of hydrogen-bond acceptors (Lipinski definition) is 1. The van der Waals surface area contributed by atoms with Crippen LogP contribution in [0.25, 0.3) is 10.9 Å². The Morgan fingerprint density at radius 1 is 1.39 bits per heavy atom. The number of H-pyrrole nitrogens is 1. The molecule has 0 aliphatic carbocycles. The smallest absolute Gasteiger partial charge is 0.307 e. The number of carboxylic acid groups (broad SMARTS) is 1. The second-order valence-electron chi connectivity index (χ2n) is 5.26. The molecule has 1 aromatic carbocycles. The zero-order chi connectivity index (χ0) is 13.3. The third-order valence-corrected chi connectivity index (χ3v) is 3.48. The molecule has 0 amide bonds. The number of fused-ring (bicyclic) bond motifs is 1. The number of aliphatic carboxylic acids is 1. The van der Waals surface area contributed by atoms with Crippen LogP contribution >= 0.6 is 0 Å². The average Bonchev–Trinajstić information content (AvgIpc) is 2.67. The number of nitrogens with one attached hydrogen (secondary N) is 1. The number of aromatic amines is 1. The second-order valence-corrected chi connectivity index (χ2v) is 5.26. The molecule has 0 fully saturated rings. The molecule has 1 atom stereocenters. The predicted octanol–water partition coefficient (Wildman–Crippen LogP) is 3.38. The van der Waals surface area contributed by atoms with Gasteiger partial charge in [0, 0.05) is 17.1 Å². The lowest BCUT2D eigenvalue weighted by molar-refractivity contribution is -0.143. The van der Waals surface area contributed by atoms with E-state index in [0.29, 0.717) is 6.42 Å². The largest absolute Gasteiger partial charge is 0.481 e. The van der Waals surface area contributed by atoms with E-state index >= 15 is 0 Å². The predicted molar refractivity (Wildman–Crippen MR) is 72.7 cm³/mol. The summed E-state index contributed by atoms with van der Waals surface area (Å²) in [6, 6.07) is 6.21. The first-order valence-corrected chi connectivity index (χ1v) is 6.28. The Kier molecular flexibility index (Phi) is 3.41. The van der Waals surface area contributed by atoms with Crippen molar-refractivity contribution in [2.45, 2.75) is 27.2 Å². The van der Waals surface area contributed by atoms with Gasteiger partial charge >= 0.3 is 5.97 Å². The minimum atomic E-state index is -0.716. The van der Waals surface area contributed by atoms with Gasteiger partial charge in [-0.3, -0.25) is 4.79 Å². The molecule has 0 aliphatic heterocycles. The lowest BCUT2D eigenvalue weighted by Gasteiger charge is -2.15. The Morgan fingerprint density at radius 3 is 2.72 bits per heavy atom. The van der Waals surface area contributed by atoms with E-state index in [1.165, 1.54) is 5.56 Å². The van der Waals surface area contributed by atoms with Crippen molar-refractivity contribution < 1.29 is 9.90 Å². The van der Waals surface area contributed by atoms with Gasteiger partial charge in [0.2, 0.25) is 0 Å². The van der Waals surface area contributed by atoms with Crippen LogP contribution in [0.4, 0.5) is 0 Å². The van der Waals surface area contributed by atoms with Crippen LogP contribution in [0.1, 0.15) is 25.0 Å². The Balaban J connectivity index is 2.34. The Morgan fingerprint density at radius 2 is 2.11 bits per heavy atom. The van der Waals surface area contributed by atoms with Gasteiger partial charge in [0.1, 0.15) is 0 Å². The van der Waals surface area contributed by atoms with Crippen LogP contribution in [0, 0.1) is 18.8 Å². The van der Waals surface area contributed by atoms with Crippen molar-refractivity contribution in [3.63, 3.8) is 0 Å². The van der Waals surface area contributed by atoms with Gasteiger partial charge in [-0.1, -0.05) is 26.0 Å². The molecule has 2 N–H and O–H groups in total. The van der Waals surface area contributed by atoms with Gasteiger partial charge in [-0.15, -0.1) is 0 Å². The van der Waals surface area contributed by atoms with Crippen molar-refractivity contribution in [2.75, 3.05) is 0 Å². The van der Waals surface area contributed by atoms with Crippen LogP contribution in [0.15, 0.2) is 24.4 Å². The minimum absolute atomic E-state index is 0.137. The maximum absolute atomic E-state index is 11.2. The highest BCUT2D eigenvalue weighted by molar-refractivity contribution is 5.84. The van der Waals surface area contributed by atoms with Gasteiger partial charge in [0.25, 0.3) is 0 Å². The third kappa shape index (κ3) is 2.40. The molecule has 1 aromatic heterocycles. The van der Waals surface area contributed by atoms with E-state index < -0.39 is 5.97 Å². The molecule has 2 aromatic rings. The fourth-order valence-corrected chi connectivity index (χ4v) is 2.31. The van der Waals surface area contributed by atoms with E-state index in [4.69, 9.17) is 0 Å². The number of hydrogen-bond donors (Lipinski definition) is 2. The van der Waals surface area contributed by atoms with Gasteiger partial charge < -0.3 is 10.1 Å². The summed E-state index contributed by atoms with van der Waals surface area (Å²) in [5.74, 6) is -0.908. The minimum Gasteiger partial charge on any atom is -0.481 e. The molecule has 0 aliphatic rings. The van der Waals surface area contributed by atoms with Crippen molar-refractivity contribution in [3.8, 4) is 0 Å². The summed E-state index contributed by atoms with van der Waals surface area (Å²) in [7, 11) is 0. The van der Waals surface area contributed by atoms with Crippen molar-refractivity contribution in [1.82, 2.24) is 4.98 Å². The summed E-state index contributed by atoms with van der Waals surface area (Å²) in [5.41, 5.74) is 3.37. The van der Waals surface area contributed by atoms with Gasteiger partial charge in [0.15, 0.2) is 0 Å². The molecule has 3 heteroatoms. The number of benzene rings is 1. The summed E-state index contributed by atoms with van der Waals surface area (Å²) in [6.07, 6.45) is 2.51. The molecule has 1 unspecified atom stereocenters. The van der Waals surface area contributed by atoms with Crippen LogP contribution in [0.5, 0.6) is 0 Å². The fourth-order valence-electron chi connectivity index (χ4n) is 2.31. The van der Waals surface area contributed by atoms with E-state index in [0.717, 1.165) is 16.5 Å². The van der Waals surface area contributed by atoms with Crippen molar-refractivity contribution in [3.05, 3.63) is 35.5 Å². The summed E-state index contributed by atoms with van der Waals surface area (Å²) < 4.78 is 0. The average molecular weight is 245 g/mol. The highest BCUT2D eigenvalue weighted by Crippen LogP contribution is 2.25. The SMILES string of the molecule is Cc1ccc2c(CC(C(=O)O)C(C)C)c[nH]c2c1. The molecule has 0 saturated heterocycles. The molecule has 0 bridgehead atoms. The first kappa shape index (κ1) is 12.7. The molecule has 0 saturated carbocycles. The van der Waals surface area contributed by atoms with E-state index in [2.05, 4.69) is 23.2 Å². The van der Waals surface area contributed by atoms with Crippen LogP contribution < -0.4 is 0 Å². The molecule has 1 heterocycles. The zero-order valence-corrected chi connectivity index (χ0v) is 11.0. The van der Waals surface area contributed by atoms with Gasteiger partial charge in [-0.25, -0.2) is 0 Å². The maximum Gasteiger partial charge on any atom is 0.307 e. The molecular formula is C15H19NO2. The summed E-state index contributed by atoms with van der Waals surface area (Å²) in [5, 5.41) is 10.4. The van der Waals surface area contributed by atoms with E-state index in [9.17, 15) is 9.90 Å². The van der Waals surface area contributed by atoms with E-state index in [1.54, 1.807) is 0 Å². The number of aromatic nitrogens is 1. The first-order valence-electron chi connectivity index (χ1n) is 6.28. The van der Waals surface area contributed by atoms with Crippen molar-refractivity contribution in [1.29, 1.82) is 0 Å². The van der Waals surface area contributed by atoms with E-state index in [1.807, 2.05) is 27.0 Å². The molecule has 2 rings (SSSR count). The summed E-state index contributed by atoms with van der Waals surface area (Å²) >= 11 is 0. The standard InChI is InChI=1S/C15H19NO2/c1-9(2)13(15(17)18)7-11-8-16-14-6-10(3)4-5-12(11)14/h4-6,8-9,13,16H,7H2,1-3H3,(H,17,18). The molecule has 18 heavy (non-hydrogen) atoms. The number of aryl methyl sites for hydroxylation is 1. The highest BCUT2D eigenvalue weighted by atomic mass is 16.4.